The number of nitrogens with zero attached hydrogens (tertiary/aromatic N) is 6. The Hall–Kier alpha value is -1.50. The van der Waals surface area contributed by atoms with E-state index in [1.807, 2.05) is 12.1 Å². The molecule has 4 rings (SSSR count). The predicted molar refractivity (Wildman–Crippen MR) is 111 cm³/mol. The molecular weight excluding hydrogens is 372 g/mol. The summed E-state index contributed by atoms with van der Waals surface area (Å²) >= 11 is 6.01. The number of halogens is 1. The van der Waals surface area contributed by atoms with Crippen molar-refractivity contribution in [2.45, 2.75) is 58.2 Å². The second-order valence-corrected chi connectivity index (χ2v) is 8.98. The number of aromatic nitrogens is 4. The lowest BCUT2D eigenvalue weighted by atomic mass is 10.00. The number of rotatable bonds is 6. The molecule has 1 saturated carbocycles. The van der Waals surface area contributed by atoms with E-state index in [2.05, 4.69) is 56.0 Å². The Bertz CT molecular complexity index is 745. The van der Waals surface area contributed by atoms with Crippen molar-refractivity contribution in [3.63, 3.8) is 0 Å². The fraction of sp³-hybridized carbons (Fsp3) is 0.667. The highest BCUT2D eigenvalue weighted by molar-refractivity contribution is 6.30. The third-order valence-electron chi connectivity index (χ3n) is 6.20. The van der Waals surface area contributed by atoms with Crippen LogP contribution in [-0.2, 0) is 6.54 Å². The van der Waals surface area contributed by atoms with Crippen molar-refractivity contribution < 1.29 is 0 Å². The summed E-state index contributed by atoms with van der Waals surface area (Å²) in [6, 6.07) is 8.98. The molecule has 1 saturated heterocycles. The average Bonchev–Trinajstić information content (AvgIpc) is 3.36. The van der Waals surface area contributed by atoms with E-state index in [-0.39, 0.29) is 6.04 Å². The SMILES string of the molecule is CC(C)[C@H](c1nnnn1C1CCCC1)N1CCN(Cc2ccc(Cl)cc2)CC1. The molecule has 1 aromatic carbocycles. The summed E-state index contributed by atoms with van der Waals surface area (Å²) in [6.45, 7) is 9.80. The van der Waals surface area contributed by atoms with Crippen LogP contribution in [0, 0.1) is 5.92 Å². The largest absolute Gasteiger partial charge is 0.297 e. The maximum Gasteiger partial charge on any atom is 0.168 e. The van der Waals surface area contributed by atoms with Gasteiger partial charge in [0.15, 0.2) is 5.82 Å². The fourth-order valence-corrected chi connectivity index (χ4v) is 4.86. The number of benzene rings is 1. The third kappa shape index (κ3) is 4.39. The van der Waals surface area contributed by atoms with Crippen molar-refractivity contribution >= 4 is 11.6 Å². The normalized spacial score (nSPS) is 20.9. The van der Waals surface area contributed by atoms with Crippen LogP contribution in [0.2, 0.25) is 5.02 Å². The predicted octanol–water partition coefficient (Wildman–Crippen LogP) is 3.96. The van der Waals surface area contributed by atoms with Crippen molar-refractivity contribution in [1.29, 1.82) is 0 Å². The van der Waals surface area contributed by atoms with Gasteiger partial charge in [-0.15, -0.1) is 5.10 Å². The molecule has 7 heteroatoms. The smallest absolute Gasteiger partial charge is 0.168 e. The number of tetrazole rings is 1. The summed E-state index contributed by atoms with van der Waals surface area (Å²) in [5, 5.41) is 13.7. The molecule has 0 bridgehead atoms. The molecule has 152 valence electrons. The maximum absolute atomic E-state index is 6.01. The van der Waals surface area contributed by atoms with Crippen LogP contribution in [0.3, 0.4) is 0 Å². The zero-order valence-corrected chi connectivity index (χ0v) is 17.7. The summed E-state index contributed by atoms with van der Waals surface area (Å²) in [4.78, 5) is 5.11. The Morgan fingerprint density at radius 3 is 2.36 bits per heavy atom. The van der Waals surface area contributed by atoms with Gasteiger partial charge in [0.25, 0.3) is 0 Å². The van der Waals surface area contributed by atoms with E-state index in [0.717, 1.165) is 43.6 Å². The average molecular weight is 403 g/mol. The topological polar surface area (TPSA) is 50.1 Å². The molecule has 2 fully saturated rings. The van der Waals surface area contributed by atoms with Gasteiger partial charge in [0.1, 0.15) is 0 Å². The van der Waals surface area contributed by atoms with Crippen molar-refractivity contribution in [1.82, 2.24) is 30.0 Å². The molecule has 2 aromatic rings. The van der Waals surface area contributed by atoms with Gasteiger partial charge in [-0.05, 0) is 46.9 Å². The molecule has 1 aliphatic heterocycles. The van der Waals surface area contributed by atoms with Crippen LogP contribution in [0.15, 0.2) is 24.3 Å². The number of hydrogen-bond acceptors (Lipinski definition) is 5. The van der Waals surface area contributed by atoms with E-state index in [0.29, 0.717) is 12.0 Å². The van der Waals surface area contributed by atoms with Crippen molar-refractivity contribution in [3.05, 3.63) is 40.7 Å². The molecule has 1 atom stereocenters. The van der Waals surface area contributed by atoms with Crippen LogP contribution in [0.5, 0.6) is 0 Å². The summed E-state index contributed by atoms with van der Waals surface area (Å²) in [5.41, 5.74) is 1.32. The van der Waals surface area contributed by atoms with Gasteiger partial charge in [-0.2, -0.15) is 0 Å². The zero-order chi connectivity index (χ0) is 19.5. The van der Waals surface area contributed by atoms with E-state index >= 15 is 0 Å². The van der Waals surface area contributed by atoms with Gasteiger partial charge in [0.05, 0.1) is 12.1 Å². The highest BCUT2D eigenvalue weighted by Crippen LogP contribution is 2.34. The van der Waals surface area contributed by atoms with E-state index in [9.17, 15) is 0 Å². The lowest BCUT2D eigenvalue weighted by molar-refractivity contribution is 0.0653. The van der Waals surface area contributed by atoms with Crippen molar-refractivity contribution in [2.75, 3.05) is 26.2 Å². The maximum atomic E-state index is 6.01. The van der Waals surface area contributed by atoms with Crippen molar-refractivity contribution in [3.8, 4) is 0 Å². The fourth-order valence-electron chi connectivity index (χ4n) is 4.73. The van der Waals surface area contributed by atoms with Crippen LogP contribution in [0.25, 0.3) is 0 Å². The Labute approximate surface area is 172 Å². The quantitative estimate of drug-likeness (QED) is 0.732. The molecular formula is C21H31ClN6. The molecule has 2 aliphatic rings. The van der Waals surface area contributed by atoms with Gasteiger partial charge < -0.3 is 0 Å². The van der Waals surface area contributed by atoms with Crippen LogP contribution in [-0.4, -0.2) is 56.2 Å². The highest BCUT2D eigenvalue weighted by Gasteiger charge is 2.33. The number of piperazine rings is 1. The van der Waals surface area contributed by atoms with Gasteiger partial charge in [0, 0.05) is 37.7 Å². The summed E-state index contributed by atoms with van der Waals surface area (Å²) in [5.74, 6) is 1.54. The molecule has 2 heterocycles. The van der Waals surface area contributed by atoms with Gasteiger partial charge >= 0.3 is 0 Å². The minimum Gasteiger partial charge on any atom is -0.297 e. The van der Waals surface area contributed by atoms with Gasteiger partial charge in [-0.25, -0.2) is 4.68 Å². The minimum atomic E-state index is 0.285. The Kier molecular flexibility index (Phi) is 6.28. The first-order valence-corrected chi connectivity index (χ1v) is 11.0. The second-order valence-electron chi connectivity index (χ2n) is 8.55. The van der Waals surface area contributed by atoms with Gasteiger partial charge in [-0.1, -0.05) is 50.4 Å². The standard InChI is InChI=1S/C21H31ClN6/c1-16(2)20(21-23-24-25-28(21)19-5-3-4-6-19)27-13-11-26(12-14-27)15-17-7-9-18(22)10-8-17/h7-10,16,19-20H,3-6,11-15H2,1-2H3/t20-/m1/s1. The molecule has 0 N–H and O–H groups in total. The zero-order valence-electron chi connectivity index (χ0n) is 17.0. The third-order valence-corrected chi connectivity index (χ3v) is 6.46. The van der Waals surface area contributed by atoms with E-state index in [1.54, 1.807) is 0 Å². The lowest BCUT2D eigenvalue weighted by Gasteiger charge is -2.40. The van der Waals surface area contributed by atoms with E-state index in [1.165, 1.54) is 31.2 Å². The van der Waals surface area contributed by atoms with Crippen LogP contribution >= 0.6 is 11.6 Å². The highest BCUT2D eigenvalue weighted by atomic mass is 35.5. The van der Waals surface area contributed by atoms with Crippen LogP contribution < -0.4 is 0 Å². The second kappa shape index (κ2) is 8.89. The molecule has 0 unspecified atom stereocenters. The molecule has 0 spiro atoms. The Morgan fingerprint density at radius 1 is 1.04 bits per heavy atom. The van der Waals surface area contributed by atoms with Crippen molar-refractivity contribution in [2.24, 2.45) is 5.92 Å². The Balaban J connectivity index is 1.41. The molecule has 6 nitrogen and oxygen atoms in total. The Morgan fingerprint density at radius 2 is 1.71 bits per heavy atom. The molecule has 0 radical (unpaired) electrons. The summed E-state index contributed by atoms with van der Waals surface area (Å²) in [7, 11) is 0. The van der Waals surface area contributed by atoms with Crippen LogP contribution in [0.4, 0.5) is 0 Å². The number of hydrogen-bond donors (Lipinski definition) is 0. The minimum absolute atomic E-state index is 0.285. The van der Waals surface area contributed by atoms with E-state index in [4.69, 9.17) is 11.6 Å². The monoisotopic (exact) mass is 402 g/mol. The van der Waals surface area contributed by atoms with Crippen LogP contribution in [0.1, 0.15) is 63.0 Å². The van der Waals surface area contributed by atoms with Gasteiger partial charge in [0.2, 0.25) is 0 Å². The first-order chi connectivity index (χ1) is 13.6. The molecule has 1 aliphatic carbocycles. The van der Waals surface area contributed by atoms with Gasteiger partial charge in [-0.3, -0.25) is 9.80 Å². The molecule has 28 heavy (non-hydrogen) atoms. The summed E-state index contributed by atoms with van der Waals surface area (Å²) in [6.07, 6.45) is 4.99. The lowest BCUT2D eigenvalue weighted by Crippen LogP contribution is -2.48. The van der Waals surface area contributed by atoms with E-state index < -0.39 is 0 Å². The first-order valence-electron chi connectivity index (χ1n) is 10.6. The summed E-state index contributed by atoms with van der Waals surface area (Å²) < 4.78 is 2.14. The molecule has 1 aromatic heterocycles. The molecule has 0 amide bonds. The first kappa shape index (κ1) is 19.8.